The molecule has 0 bridgehead atoms. The van der Waals surface area contributed by atoms with E-state index in [1.807, 2.05) is 24.3 Å². The Balaban J connectivity index is 3.07. The Kier molecular flexibility index (Phi) is 2.01. The third-order valence-electron chi connectivity index (χ3n) is 0.991. The molecule has 1 rings (SSSR count). The van der Waals surface area contributed by atoms with Gasteiger partial charge in [-0.05, 0) is 24.9 Å². The summed E-state index contributed by atoms with van der Waals surface area (Å²) in [6, 6.07) is 7.69. The molecule has 2 heteroatoms. The largest absolute Gasteiger partial charge is 0.265 e. The molecule has 1 aromatic carbocycles. The molecule has 46 valence electrons. The summed E-state index contributed by atoms with van der Waals surface area (Å²) in [5.41, 5.74) is 0.893. The first-order valence-corrected chi connectivity index (χ1v) is 3.34. The summed E-state index contributed by atoms with van der Waals surface area (Å²) < 4.78 is 1.03. The Morgan fingerprint density at radius 1 is 1.44 bits per heavy atom. The molecule has 0 aromatic heterocycles. The van der Waals surface area contributed by atoms with E-state index in [4.69, 9.17) is 0 Å². The average Bonchev–Trinajstić information content (AvgIpc) is 1.88. The second-order valence-corrected chi connectivity index (χ2v) is 2.55. The third-order valence-corrected chi connectivity index (χ3v) is 1.48. The lowest BCUT2D eigenvalue weighted by atomic mass is 10.3. The molecule has 0 saturated carbocycles. The van der Waals surface area contributed by atoms with Gasteiger partial charge in [-0.3, -0.25) is 4.99 Å². The normalized spacial score (nSPS) is 9.00. The zero-order valence-corrected chi connectivity index (χ0v) is 6.43. The van der Waals surface area contributed by atoms with Crippen LogP contribution in [0.15, 0.2) is 33.7 Å². The summed E-state index contributed by atoms with van der Waals surface area (Å²) in [4.78, 5) is 3.75. The van der Waals surface area contributed by atoms with E-state index in [2.05, 4.69) is 27.6 Å². The van der Waals surface area contributed by atoms with Gasteiger partial charge >= 0.3 is 0 Å². The monoisotopic (exact) mass is 183 g/mol. The molecular formula is C7H6BrN. The number of halogens is 1. The van der Waals surface area contributed by atoms with E-state index >= 15 is 0 Å². The summed E-state index contributed by atoms with van der Waals surface area (Å²) in [5.74, 6) is 0. The fourth-order valence-corrected chi connectivity index (χ4v) is 0.962. The molecule has 0 atom stereocenters. The molecule has 0 aliphatic rings. The Morgan fingerprint density at radius 2 is 2.22 bits per heavy atom. The van der Waals surface area contributed by atoms with Gasteiger partial charge in [0.25, 0.3) is 0 Å². The maximum atomic E-state index is 3.75. The average molecular weight is 184 g/mol. The van der Waals surface area contributed by atoms with Gasteiger partial charge in [-0.1, -0.05) is 22.0 Å². The summed E-state index contributed by atoms with van der Waals surface area (Å²) >= 11 is 3.32. The van der Waals surface area contributed by atoms with Crippen LogP contribution in [0.3, 0.4) is 0 Å². The highest BCUT2D eigenvalue weighted by Crippen LogP contribution is 2.16. The molecule has 0 fully saturated rings. The smallest absolute Gasteiger partial charge is 0.0633 e. The Labute approximate surface area is 62.6 Å². The van der Waals surface area contributed by atoms with Gasteiger partial charge in [0.2, 0.25) is 0 Å². The number of hydrogen-bond acceptors (Lipinski definition) is 1. The highest BCUT2D eigenvalue weighted by molar-refractivity contribution is 9.10. The van der Waals surface area contributed by atoms with E-state index in [1.165, 1.54) is 0 Å². The highest BCUT2D eigenvalue weighted by atomic mass is 79.9. The zero-order valence-electron chi connectivity index (χ0n) is 4.84. The summed E-state index contributed by atoms with van der Waals surface area (Å²) in [6.45, 7) is 3.40. The van der Waals surface area contributed by atoms with Gasteiger partial charge in [0.1, 0.15) is 0 Å². The van der Waals surface area contributed by atoms with Crippen LogP contribution in [0.25, 0.3) is 0 Å². The lowest BCUT2D eigenvalue weighted by Gasteiger charge is -1.90. The predicted molar refractivity (Wildman–Crippen MR) is 43.4 cm³/mol. The van der Waals surface area contributed by atoms with E-state index < -0.39 is 0 Å². The molecule has 1 aromatic rings. The molecule has 0 aliphatic carbocycles. The van der Waals surface area contributed by atoms with Crippen molar-refractivity contribution in [3.63, 3.8) is 0 Å². The maximum Gasteiger partial charge on any atom is 0.0633 e. The third kappa shape index (κ3) is 1.64. The van der Waals surface area contributed by atoms with E-state index in [9.17, 15) is 0 Å². The molecule has 0 unspecified atom stereocenters. The van der Waals surface area contributed by atoms with Gasteiger partial charge in [-0.2, -0.15) is 0 Å². The summed E-state index contributed by atoms with van der Waals surface area (Å²) in [7, 11) is 0. The zero-order chi connectivity index (χ0) is 6.69. The van der Waals surface area contributed by atoms with Crippen molar-refractivity contribution in [1.82, 2.24) is 0 Å². The van der Waals surface area contributed by atoms with Crippen LogP contribution in [-0.4, -0.2) is 6.72 Å². The van der Waals surface area contributed by atoms with Crippen molar-refractivity contribution in [2.45, 2.75) is 0 Å². The fourth-order valence-electron chi connectivity index (χ4n) is 0.574. The van der Waals surface area contributed by atoms with Crippen molar-refractivity contribution in [2.75, 3.05) is 0 Å². The van der Waals surface area contributed by atoms with Crippen molar-refractivity contribution in [1.29, 1.82) is 0 Å². The van der Waals surface area contributed by atoms with Crippen LogP contribution < -0.4 is 0 Å². The predicted octanol–water partition coefficient (Wildman–Crippen LogP) is 2.78. The van der Waals surface area contributed by atoms with Gasteiger partial charge in [0.15, 0.2) is 0 Å². The minimum Gasteiger partial charge on any atom is -0.265 e. The van der Waals surface area contributed by atoms with Gasteiger partial charge in [-0.25, -0.2) is 0 Å². The molecule has 1 nitrogen and oxygen atoms in total. The summed E-state index contributed by atoms with van der Waals surface area (Å²) in [6.07, 6.45) is 0. The minimum absolute atomic E-state index is 0.893. The number of aliphatic imine (C=N–C) groups is 1. The Hall–Kier alpha value is -0.630. The van der Waals surface area contributed by atoms with Gasteiger partial charge < -0.3 is 0 Å². The van der Waals surface area contributed by atoms with Crippen molar-refractivity contribution in [3.05, 3.63) is 28.7 Å². The molecule has 9 heavy (non-hydrogen) atoms. The highest BCUT2D eigenvalue weighted by Gasteiger charge is 1.85. The van der Waals surface area contributed by atoms with Gasteiger partial charge in [0, 0.05) is 4.47 Å². The van der Waals surface area contributed by atoms with E-state index in [0.717, 1.165) is 10.2 Å². The van der Waals surface area contributed by atoms with Crippen LogP contribution in [0, 0.1) is 0 Å². The van der Waals surface area contributed by atoms with Crippen LogP contribution in [-0.2, 0) is 0 Å². The van der Waals surface area contributed by atoms with Crippen LogP contribution >= 0.6 is 15.9 Å². The van der Waals surface area contributed by atoms with Crippen LogP contribution in [0.4, 0.5) is 5.69 Å². The van der Waals surface area contributed by atoms with Crippen molar-refractivity contribution in [2.24, 2.45) is 4.99 Å². The Bertz CT molecular complexity index is 220. The van der Waals surface area contributed by atoms with Gasteiger partial charge in [0.05, 0.1) is 5.69 Å². The van der Waals surface area contributed by atoms with E-state index in [0.29, 0.717) is 0 Å². The van der Waals surface area contributed by atoms with Crippen molar-refractivity contribution < 1.29 is 0 Å². The van der Waals surface area contributed by atoms with Crippen molar-refractivity contribution >= 4 is 28.3 Å². The van der Waals surface area contributed by atoms with Crippen LogP contribution in [0.1, 0.15) is 0 Å². The molecule has 0 radical (unpaired) electrons. The molecule has 0 saturated heterocycles. The van der Waals surface area contributed by atoms with Crippen LogP contribution in [0.5, 0.6) is 0 Å². The van der Waals surface area contributed by atoms with Crippen LogP contribution in [0.2, 0.25) is 0 Å². The first kappa shape index (κ1) is 6.49. The lowest BCUT2D eigenvalue weighted by Crippen LogP contribution is -1.62. The number of hydrogen-bond donors (Lipinski definition) is 0. The Morgan fingerprint density at radius 3 is 2.67 bits per heavy atom. The maximum absolute atomic E-state index is 3.75. The molecule has 0 amide bonds. The first-order valence-electron chi connectivity index (χ1n) is 2.55. The van der Waals surface area contributed by atoms with Crippen molar-refractivity contribution in [3.8, 4) is 0 Å². The molecule has 0 spiro atoms. The molecule has 0 heterocycles. The summed E-state index contributed by atoms with van der Waals surface area (Å²) in [5, 5.41) is 0. The topological polar surface area (TPSA) is 12.4 Å². The first-order chi connectivity index (χ1) is 4.33. The molecule has 0 aliphatic heterocycles. The van der Waals surface area contributed by atoms with E-state index in [1.54, 1.807) is 0 Å². The minimum atomic E-state index is 0.893. The SMILES string of the molecule is C=Nc1cccc(Br)c1. The second-order valence-electron chi connectivity index (χ2n) is 1.64. The lowest BCUT2D eigenvalue weighted by molar-refractivity contribution is 1.53. The van der Waals surface area contributed by atoms with E-state index in [-0.39, 0.29) is 0 Å². The number of benzene rings is 1. The fraction of sp³-hybridized carbons (Fsp3) is 0. The standard InChI is InChI=1S/C7H6BrN/c1-9-7-4-2-3-6(8)5-7/h2-5H,1H2. The number of nitrogens with zero attached hydrogens (tertiary/aromatic N) is 1. The second kappa shape index (κ2) is 2.78. The van der Waals surface area contributed by atoms with Gasteiger partial charge in [-0.15, -0.1) is 0 Å². The quantitative estimate of drug-likeness (QED) is 0.595. The molecule has 0 N–H and O–H groups in total. The number of rotatable bonds is 1. The molecular weight excluding hydrogens is 178 g/mol.